The van der Waals surface area contributed by atoms with Gasteiger partial charge in [-0.05, 0) is 19.1 Å². The van der Waals surface area contributed by atoms with Gasteiger partial charge in [0, 0.05) is 19.7 Å². The Kier molecular flexibility index (Phi) is 3.89. The molecule has 1 aromatic rings. The first-order valence-corrected chi connectivity index (χ1v) is 7.15. The minimum atomic E-state index is -0.529. The minimum Gasteiger partial charge on any atom is -0.388 e. The van der Waals surface area contributed by atoms with E-state index in [4.69, 9.17) is 0 Å². The average Bonchev–Trinajstić information content (AvgIpc) is 2.76. The average molecular weight is 253 g/mol. The van der Waals surface area contributed by atoms with E-state index in [2.05, 4.69) is 9.97 Å². The third kappa shape index (κ3) is 3.10. The second-order valence-electron chi connectivity index (χ2n) is 4.71. The molecule has 1 aliphatic carbocycles. The number of nitrogens with zero attached hydrogens (tertiary/aromatic N) is 3. The molecule has 17 heavy (non-hydrogen) atoms. The van der Waals surface area contributed by atoms with Crippen molar-refractivity contribution in [3.05, 3.63) is 12.4 Å². The van der Waals surface area contributed by atoms with E-state index in [0.717, 1.165) is 36.5 Å². The van der Waals surface area contributed by atoms with Gasteiger partial charge in [0.05, 0.1) is 5.60 Å². The van der Waals surface area contributed by atoms with Crippen LogP contribution in [0, 0.1) is 0 Å². The van der Waals surface area contributed by atoms with Crippen molar-refractivity contribution in [1.29, 1.82) is 0 Å². The molecule has 0 amide bonds. The van der Waals surface area contributed by atoms with Crippen LogP contribution in [0.25, 0.3) is 0 Å². The smallest absolute Gasteiger partial charge is 0.132 e. The molecule has 2 rings (SSSR count). The summed E-state index contributed by atoms with van der Waals surface area (Å²) in [5.41, 5.74) is -0.529. The molecule has 1 fully saturated rings. The predicted molar refractivity (Wildman–Crippen MR) is 70.5 cm³/mol. The van der Waals surface area contributed by atoms with E-state index in [1.807, 2.05) is 24.3 Å². The summed E-state index contributed by atoms with van der Waals surface area (Å²) in [7, 11) is 1.97. The highest BCUT2D eigenvalue weighted by Crippen LogP contribution is 2.31. The standard InChI is InChI=1S/C12H19N3OS/c1-15(8-12(16)5-3-4-6-12)10-7-11(17-2)14-9-13-10/h7,9,16H,3-6,8H2,1-2H3. The maximum absolute atomic E-state index is 10.4. The fraction of sp³-hybridized carbons (Fsp3) is 0.667. The second kappa shape index (κ2) is 5.23. The van der Waals surface area contributed by atoms with E-state index >= 15 is 0 Å². The molecule has 94 valence electrons. The van der Waals surface area contributed by atoms with Crippen LogP contribution in [0.4, 0.5) is 5.82 Å². The highest BCUT2D eigenvalue weighted by Gasteiger charge is 2.32. The normalized spacial score (nSPS) is 18.3. The predicted octanol–water partition coefficient (Wildman–Crippen LogP) is 1.94. The fourth-order valence-corrected chi connectivity index (χ4v) is 2.74. The summed E-state index contributed by atoms with van der Waals surface area (Å²) in [5.74, 6) is 0.879. The summed E-state index contributed by atoms with van der Waals surface area (Å²) >= 11 is 1.60. The molecule has 1 N–H and O–H groups in total. The number of thioether (sulfide) groups is 1. The number of hydrogen-bond acceptors (Lipinski definition) is 5. The van der Waals surface area contributed by atoms with E-state index in [-0.39, 0.29) is 0 Å². The van der Waals surface area contributed by atoms with Crippen molar-refractivity contribution in [2.75, 3.05) is 24.7 Å². The lowest BCUT2D eigenvalue weighted by molar-refractivity contribution is 0.0558. The molecule has 1 aromatic heterocycles. The van der Waals surface area contributed by atoms with Crippen LogP contribution in [0.5, 0.6) is 0 Å². The Balaban J connectivity index is 2.05. The Morgan fingerprint density at radius 1 is 1.41 bits per heavy atom. The number of anilines is 1. The van der Waals surface area contributed by atoms with Crippen LogP contribution in [0.15, 0.2) is 17.4 Å². The molecule has 5 heteroatoms. The summed E-state index contributed by atoms with van der Waals surface area (Å²) in [6.07, 6.45) is 7.64. The highest BCUT2D eigenvalue weighted by atomic mass is 32.2. The van der Waals surface area contributed by atoms with Gasteiger partial charge in [-0.15, -0.1) is 11.8 Å². The number of hydrogen-bond donors (Lipinski definition) is 1. The van der Waals surface area contributed by atoms with E-state index in [0.29, 0.717) is 6.54 Å². The summed E-state index contributed by atoms with van der Waals surface area (Å²) < 4.78 is 0. The maximum atomic E-state index is 10.4. The first-order chi connectivity index (χ1) is 8.13. The monoisotopic (exact) mass is 253 g/mol. The summed E-state index contributed by atoms with van der Waals surface area (Å²) in [6, 6.07) is 1.96. The van der Waals surface area contributed by atoms with E-state index in [9.17, 15) is 5.11 Å². The lowest BCUT2D eigenvalue weighted by Crippen LogP contribution is -2.39. The third-order valence-corrected chi connectivity index (χ3v) is 3.94. The summed E-state index contributed by atoms with van der Waals surface area (Å²) in [6.45, 7) is 0.651. The molecule has 0 spiro atoms. The summed E-state index contributed by atoms with van der Waals surface area (Å²) in [5, 5.41) is 11.3. The molecule has 0 aliphatic heterocycles. The quantitative estimate of drug-likeness (QED) is 0.656. The van der Waals surface area contributed by atoms with Crippen LogP contribution in [-0.4, -0.2) is 40.5 Å². The Morgan fingerprint density at radius 3 is 2.76 bits per heavy atom. The van der Waals surface area contributed by atoms with Crippen molar-refractivity contribution in [3.63, 3.8) is 0 Å². The number of aliphatic hydroxyl groups is 1. The van der Waals surface area contributed by atoms with Gasteiger partial charge in [0.15, 0.2) is 0 Å². The Hall–Kier alpha value is -0.810. The van der Waals surface area contributed by atoms with Gasteiger partial charge in [-0.3, -0.25) is 0 Å². The molecular weight excluding hydrogens is 234 g/mol. The van der Waals surface area contributed by atoms with Crippen molar-refractivity contribution < 1.29 is 5.11 Å². The van der Waals surface area contributed by atoms with Crippen molar-refractivity contribution in [1.82, 2.24) is 9.97 Å². The van der Waals surface area contributed by atoms with Crippen molar-refractivity contribution in [2.45, 2.75) is 36.3 Å². The zero-order valence-corrected chi connectivity index (χ0v) is 11.2. The van der Waals surface area contributed by atoms with Gasteiger partial charge in [-0.2, -0.15) is 0 Å². The topological polar surface area (TPSA) is 49.2 Å². The summed E-state index contributed by atoms with van der Waals surface area (Å²) in [4.78, 5) is 10.4. The van der Waals surface area contributed by atoms with E-state index in [1.54, 1.807) is 18.1 Å². The van der Waals surface area contributed by atoms with Gasteiger partial charge in [0.25, 0.3) is 0 Å². The van der Waals surface area contributed by atoms with Crippen molar-refractivity contribution in [3.8, 4) is 0 Å². The maximum Gasteiger partial charge on any atom is 0.132 e. The molecule has 0 unspecified atom stereocenters. The van der Waals surface area contributed by atoms with Crippen molar-refractivity contribution >= 4 is 17.6 Å². The molecule has 1 heterocycles. The van der Waals surface area contributed by atoms with Gasteiger partial charge in [-0.25, -0.2) is 9.97 Å². The van der Waals surface area contributed by atoms with Gasteiger partial charge < -0.3 is 10.0 Å². The molecule has 4 nitrogen and oxygen atoms in total. The van der Waals surface area contributed by atoms with Crippen molar-refractivity contribution in [2.24, 2.45) is 0 Å². The molecule has 0 bridgehead atoms. The molecule has 0 saturated heterocycles. The zero-order valence-electron chi connectivity index (χ0n) is 10.4. The van der Waals surface area contributed by atoms with Crippen LogP contribution < -0.4 is 4.90 Å². The molecule has 1 saturated carbocycles. The van der Waals surface area contributed by atoms with Crippen LogP contribution in [0.3, 0.4) is 0 Å². The number of likely N-dealkylation sites (N-methyl/N-ethyl adjacent to an activating group) is 1. The third-order valence-electron chi connectivity index (χ3n) is 3.29. The van der Waals surface area contributed by atoms with Gasteiger partial charge in [0.1, 0.15) is 17.2 Å². The fourth-order valence-electron chi connectivity index (χ4n) is 2.36. The lowest BCUT2D eigenvalue weighted by atomic mass is 10.0. The van der Waals surface area contributed by atoms with Crippen LogP contribution in [0.2, 0.25) is 0 Å². The number of aromatic nitrogens is 2. The molecule has 0 aromatic carbocycles. The van der Waals surface area contributed by atoms with Gasteiger partial charge in [-0.1, -0.05) is 12.8 Å². The van der Waals surface area contributed by atoms with Gasteiger partial charge in [0.2, 0.25) is 0 Å². The Labute approximate surface area is 106 Å². The van der Waals surface area contributed by atoms with E-state index < -0.39 is 5.60 Å². The molecule has 1 aliphatic rings. The Bertz CT molecular complexity index is 380. The van der Waals surface area contributed by atoms with Crippen LogP contribution in [0.1, 0.15) is 25.7 Å². The SMILES string of the molecule is CSc1cc(N(C)CC2(O)CCCC2)ncn1. The minimum absolute atomic E-state index is 0.529. The zero-order chi connectivity index (χ0) is 12.3. The largest absolute Gasteiger partial charge is 0.388 e. The molecule has 0 atom stereocenters. The number of rotatable bonds is 4. The second-order valence-corrected chi connectivity index (χ2v) is 5.53. The van der Waals surface area contributed by atoms with Crippen LogP contribution >= 0.6 is 11.8 Å². The molecule has 0 radical (unpaired) electrons. The Morgan fingerprint density at radius 2 is 2.12 bits per heavy atom. The van der Waals surface area contributed by atoms with E-state index in [1.165, 1.54) is 0 Å². The first-order valence-electron chi connectivity index (χ1n) is 5.92. The van der Waals surface area contributed by atoms with Gasteiger partial charge >= 0.3 is 0 Å². The van der Waals surface area contributed by atoms with Crippen LogP contribution in [-0.2, 0) is 0 Å². The first kappa shape index (κ1) is 12.6. The molecular formula is C12H19N3OS. The highest BCUT2D eigenvalue weighted by molar-refractivity contribution is 7.98. The lowest BCUT2D eigenvalue weighted by Gasteiger charge is -2.29.